The van der Waals surface area contributed by atoms with Crippen LogP contribution in [0, 0.1) is 12.8 Å². The Morgan fingerprint density at radius 1 is 1.08 bits per heavy atom. The molecule has 1 heterocycles. The molecule has 1 saturated heterocycles. The van der Waals surface area contributed by atoms with Gasteiger partial charge in [-0.2, -0.15) is 0 Å². The highest BCUT2D eigenvalue weighted by atomic mass is 16.2. The summed E-state index contributed by atoms with van der Waals surface area (Å²) < 4.78 is 0. The third kappa shape index (κ3) is 5.05. The summed E-state index contributed by atoms with van der Waals surface area (Å²) in [5, 5.41) is 5.46. The van der Waals surface area contributed by atoms with Crippen molar-refractivity contribution in [2.75, 3.05) is 25.0 Å². The number of amides is 2. The highest BCUT2D eigenvalue weighted by Gasteiger charge is 2.27. The van der Waals surface area contributed by atoms with E-state index in [-0.39, 0.29) is 0 Å². The molecule has 1 aromatic rings. The van der Waals surface area contributed by atoms with E-state index >= 15 is 0 Å². The molecule has 3 rings (SSSR count). The lowest BCUT2D eigenvalue weighted by Crippen LogP contribution is -2.44. The molecule has 0 atom stereocenters. The van der Waals surface area contributed by atoms with Crippen LogP contribution in [0.15, 0.2) is 24.3 Å². The van der Waals surface area contributed by atoms with Crippen LogP contribution in [0.25, 0.3) is 0 Å². The molecule has 1 saturated carbocycles. The van der Waals surface area contributed by atoms with Gasteiger partial charge in [0.25, 0.3) is 0 Å². The minimum atomic E-state index is -0.589. The molecular weight excluding hydrogens is 314 g/mol. The van der Waals surface area contributed by atoms with Gasteiger partial charge in [-0.3, -0.25) is 9.59 Å². The third-order valence-corrected chi connectivity index (χ3v) is 5.52. The van der Waals surface area contributed by atoms with Crippen molar-refractivity contribution in [1.82, 2.24) is 10.2 Å². The van der Waals surface area contributed by atoms with Gasteiger partial charge in [-0.1, -0.05) is 25.0 Å². The fraction of sp³-hybridized carbons (Fsp3) is 0.600. The third-order valence-electron chi connectivity index (χ3n) is 5.52. The summed E-state index contributed by atoms with van der Waals surface area (Å²) >= 11 is 0. The van der Waals surface area contributed by atoms with Crippen LogP contribution in [0.4, 0.5) is 5.69 Å². The summed E-state index contributed by atoms with van der Waals surface area (Å²) in [5.41, 5.74) is 1.71. The predicted molar refractivity (Wildman–Crippen MR) is 99.4 cm³/mol. The van der Waals surface area contributed by atoms with Crippen molar-refractivity contribution >= 4 is 17.5 Å². The first-order valence-corrected chi connectivity index (χ1v) is 9.52. The number of nitrogens with zero attached hydrogens (tertiary/aromatic N) is 1. The molecule has 0 radical (unpaired) electrons. The van der Waals surface area contributed by atoms with E-state index < -0.39 is 11.8 Å². The lowest BCUT2D eigenvalue weighted by atomic mass is 9.95. The largest absolute Gasteiger partial charge is 0.348 e. The molecule has 5 nitrogen and oxygen atoms in total. The summed E-state index contributed by atoms with van der Waals surface area (Å²) in [7, 11) is 0. The number of hydrogen-bond acceptors (Lipinski definition) is 3. The van der Waals surface area contributed by atoms with E-state index in [1.165, 1.54) is 25.7 Å². The Morgan fingerprint density at radius 2 is 1.80 bits per heavy atom. The predicted octanol–water partition coefficient (Wildman–Crippen LogP) is 2.70. The zero-order valence-corrected chi connectivity index (χ0v) is 15.1. The van der Waals surface area contributed by atoms with Crippen LogP contribution in [0.3, 0.4) is 0 Å². The van der Waals surface area contributed by atoms with Crippen LogP contribution in [0.5, 0.6) is 0 Å². The van der Waals surface area contributed by atoms with Crippen molar-refractivity contribution in [1.29, 1.82) is 0 Å². The van der Waals surface area contributed by atoms with E-state index in [9.17, 15) is 9.59 Å². The molecular formula is C20H29N3O2. The van der Waals surface area contributed by atoms with Gasteiger partial charge in [-0.15, -0.1) is 0 Å². The summed E-state index contributed by atoms with van der Waals surface area (Å²) in [6.45, 7) is 4.80. The lowest BCUT2D eigenvalue weighted by Gasteiger charge is -2.36. The van der Waals surface area contributed by atoms with Crippen molar-refractivity contribution in [2.24, 2.45) is 5.92 Å². The van der Waals surface area contributed by atoms with Crippen LogP contribution in [-0.4, -0.2) is 42.4 Å². The van der Waals surface area contributed by atoms with Crippen LogP contribution in [-0.2, 0) is 9.59 Å². The summed E-state index contributed by atoms with van der Waals surface area (Å²) in [6.07, 6.45) is 7.65. The van der Waals surface area contributed by atoms with Crippen LogP contribution in [0.1, 0.15) is 44.1 Å². The number of aryl methyl sites for hydroxylation is 1. The molecule has 1 aliphatic heterocycles. The topological polar surface area (TPSA) is 61.4 Å². The highest BCUT2D eigenvalue weighted by Crippen LogP contribution is 2.27. The Balaban J connectivity index is 1.38. The molecule has 2 aliphatic rings. The van der Waals surface area contributed by atoms with Crippen molar-refractivity contribution in [3.63, 3.8) is 0 Å². The average Bonchev–Trinajstić information content (AvgIpc) is 3.14. The standard InChI is InChI=1S/C20H29N3O2/c1-15-5-4-6-17(13-15)22-20(25)19(24)21-14-16-9-11-23(12-10-16)18-7-2-3-8-18/h4-6,13,16,18H,2-3,7-12,14H2,1H3,(H,21,24)(H,22,25). The van der Waals surface area contributed by atoms with Crippen molar-refractivity contribution in [2.45, 2.75) is 51.5 Å². The first kappa shape index (κ1) is 17.9. The Morgan fingerprint density at radius 3 is 2.48 bits per heavy atom. The molecule has 25 heavy (non-hydrogen) atoms. The number of anilines is 1. The van der Waals surface area contributed by atoms with Crippen LogP contribution in [0.2, 0.25) is 0 Å². The van der Waals surface area contributed by atoms with Crippen molar-refractivity contribution < 1.29 is 9.59 Å². The maximum atomic E-state index is 12.0. The second kappa shape index (κ2) is 8.48. The molecule has 1 aromatic carbocycles. The maximum Gasteiger partial charge on any atom is 0.313 e. The SMILES string of the molecule is Cc1cccc(NC(=O)C(=O)NCC2CCN(C3CCCC3)CC2)c1. The number of hydrogen-bond donors (Lipinski definition) is 2. The fourth-order valence-corrected chi connectivity index (χ4v) is 4.02. The Labute approximate surface area is 150 Å². The molecule has 0 aromatic heterocycles. The smallest absolute Gasteiger partial charge is 0.313 e. The van der Waals surface area contributed by atoms with E-state index in [1.807, 2.05) is 25.1 Å². The van der Waals surface area contributed by atoms with Gasteiger partial charge in [0.1, 0.15) is 0 Å². The zero-order valence-electron chi connectivity index (χ0n) is 15.1. The van der Waals surface area contributed by atoms with Gasteiger partial charge in [0.15, 0.2) is 0 Å². The first-order chi connectivity index (χ1) is 12.1. The van der Waals surface area contributed by atoms with Crippen LogP contribution < -0.4 is 10.6 Å². The molecule has 1 aliphatic carbocycles. The summed E-state index contributed by atoms with van der Waals surface area (Å²) in [5.74, 6) is -0.651. The van der Waals surface area contributed by atoms with Crippen LogP contribution >= 0.6 is 0 Å². The van der Waals surface area contributed by atoms with Crippen molar-refractivity contribution in [3.05, 3.63) is 29.8 Å². The van der Waals surface area contributed by atoms with Gasteiger partial charge in [0.2, 0.25) is 0 Å². The Kier molecular flexibility index (Phi) is 6.08. The Bertz CT molecular complexity index is 603. The minimum absolute atomic E-state index is 0.480. The van der Waals surface area contributed by atoms with E-state index in [0.29, 0.717) is 18.2 Å². The average molecular weight is 343 g/mol. The molecule has 0 spiro atoms. The number of likely N-dealkylation sites (tertiary alicyclic amines) is 1. The van der Waals surface area contributed by atoms with E-state index in [1.54, 1.807) is 6.07 Å². The molecule has 5 heteroatoms. The van der Waals surface area contributed by atoms with E-state index in [0.717, 1.165) is 37.5 Å². The minimum Gasteiger partial charge on any atom is -0.348 e. The normalized spacial score (nSPS) is 19.7. The summed E-state index contributed by atoms with van der Waals surface area (Å²) in [4.78, 5) is 26.6. The molecule has 2 fully saturated rings. The molecule has 2 N–H and O–H groups in total. The van der Waals surface area contributed by atoms with Gasteiger partial charge >= 0.3 is 11.8 Å². The Hall–Kier alpha value is -1.88. The van der Waals surface area contributed by atoms with E-state index in [4.69, 9.17) is 0 Å². The van der Waals surface area contributed by atoms with Gasteiger partial charge in [0.05, 0.1) is 0 Å². The second-order valence-corrected chi connectivity index (χ2v) is 7.45. The number of piperidine rings is 1. The van der Waals surface area contributed by atoms with Gasteiger partial charge in [-0.25, -0.2) is 0 Å². The number of benzene rings is 1. The quantitative estimate of drug-likeness (QED) is 0.827. The number of nitrogens with one attached hydrogen (secondary N) is 2. The number of carbonyl (C=O) groups excluding carboxylic acids is 2. The van der Waals surface area contributed by atoms with Gasteiger partial charge in [0, 0.05) is 18.3 Å². The highest BCUT2D eigenvalue weighted by molar-refractivity contribution is 6.39. The molecule has 0 bridgehead atoms. The van der Waals surface area contributed by atoms with E-state index in [2.05, 4.69) is 15.5 Å². The molecule has 136 valence electrons. The van der Waals surface area contributed by atoms with Crippen molar-refractivity contribution in [3.8, 4) is 0 Å². The fourth-order valence-electron chi connectivity index (χ4n) is 4.02. The second-order valence-electron chi connectivity index (χ2n) is 7.45. The lowest BCUT2D eigenvalue weighted by molar-refractivity contribution is -0.136. The molecule has 0 unspecified atom stereocenters. The molecule has 2 amide bonds. The maximum absolute atomic E-state index is 12.0. The van der Waals surface area contributed by atoms with Gasteiger partial charge < -0.3 is 15.5 Å². The zero-order chi connectivity index (χ0) is 17.6. The first-order valence-electron chi connectivity index (χ1n) is 9.52. The van der Waals surface area contributed by atoms with Gasteiger partial charge in [-0.05, 0) is 69.3 Å². The number of carbonyl (C=O) groups is 2. The number of rotatable bonds is 4. The monoisotopic (exact) mass is 343 g/mol. The summed E-state index contributed by atoms with van der Waals surface area (Å²) in [6, 6.07) is 8.24.